The first-order valence-electron chi connectivity index (χ1n) is 21.1. The van der Waals surface area contributed by atoms with Gasteiger partial charge >= 0.3 is 0 Å². The van der Waals surface area contributed by atoms with Gasteiger partial charge in [0.25, 0.3) is 0 Å². The lowest BCUT2D eigenvalue weighted by atomic mass is 9.97. The molecule has 0 aliphatic carbocycles. The maximum absolute atomic E-state index is 6.98. The highest BCUT2D eigenvalue weighted by atomic mass is 16.3. The van der Waals surface area contributed by atoms with Crippen LogP contribution >= 0.6 is 0 Å². The minimum Gasteiger partial charge on any atom is -0.456 e. The lowest BCUT2D eigenvalue weighted by Gasteiger charge is -2.18. The SMILES string of the molecule is C=C(/C=C(\C(=C\c1ccccc1)n1c2ccccc2c2c3oc4cc5oc6ccccc6c5cc4c3ccc21)c1ccccc1)C(N)=N/C(=C\Cc1ccccc1)c1ccccc1. The summed E-state index contributed by atoms with van der Waals surface area (Å²) in [7, 11) is 0. The number of allylic oxidation sites excluding steroid dienone is 3. The minimum absolute atomic E-state index is 0.329. The van der Waals surface area contributed by atoms with Gasteiger partial charge in [0.15, 0.2) is 0 Å². The number of aliphatic imine (C=N–C) groups is 1. The van der Waals surface area contributed by atoms with Gasteiger partial charge in [0.2, 0.25) is 0 Å². The third-order valence-corrected chi connectivity index (χ3v) is 11.8. The minimum atomic E-state index is 0.329. The molecule has 11 rings (SSSR count). The average Bonchev–Trinajstić information content (AvgIpc) is 4.00. The Balaban J connectivity index is 1.12. The van der Waals surface area contributed by atoms with Gasteiger partial charge < -0.3 is 19.1 Å². The quantitative estimate of drug-likeness (QED) is 0.0849. The molecule has 11 aromatic rings. The van der Waals surface area contributed by atoms with Crippen molar-refractivity contribution in [3.05, 3.63) is 241 Å². The molecule has 5 nitrogen and oxygen atoms in total. The van der Waals surface area contributed by atoms with Gasteiger partial charge in [0.1, 0.15) is 28.2 Å². The first-order valence-corrected chi connectivity index (χ1v) is 21.1. The summed E-state index contributed by atoms with van der Waals surface area (Å²) in [6.07, 6.45) is 7.15. The van der Waals surface area contributed by atoms with Crippen molar-refractivity contribution in [3.8, 4) is 0 Å². The molecule has 3 aromatic heterocycles. The number of hydrogen-bond acceptors (Lipinski definition) is 3. The first kappa shape index (κ1) is 37.6. The predicted octanol–water partition coefficient (Wildman–Crippen LogP) is 14.9. The third kappa shape index (κ3) is 6.92. The van der Waals surface area contributed by atoms with Crippen LogP contribution in [0.15, 0.2) is 232 Å². The van der Waals surface area contributed by atoms with Crippen molar-refractivity contribution in [2.24, 2.45) is 10.7 Å². The Labute approximate surface area is 364 Å². The Hall–Kier alpha value is -8.41. The number of hydrogen-bond donors (Lipinski definition) is 1. The van der Waals surface area contributed by atoms with Crippen molar-refractivity contribution in [3.63, 3.8) is 0 Å². The summed E-state index contributed by atoms with van der Waals surface area (Å²) in [6.45, 7) is 4.56. The Morgan fingerprint density at radius 1 is 0.556 bits per heavy atom. The highest BCUT2D eigenvalue weighted by Gasteiger charge is 2.23. The second kappa shape index (κ2) is 15.9. The van der Waals surface area contributed by atoms with Crippen molar-refractivity contribution in [1.29, 1.82) is 0 Å². The summed E-state index contributed by atoms with van der Waals surface area (Å²) >= 11 is 0. The van der Waals surface area contributed by atoms with Crippen LogP contribution in [0.3, 0.4) is 0 Å². The molecule has 0 saturated heterocycles. The molecule has 0 saturated carbocycles. The Morgan fingerprint density at radius 3 is 1.94 bits per heavy atom. The van der Waals surface area contributed by atoms with E-state index in [1.54, 1.807) is 0 Å². The van der Waals surface area contributed by atoms with E-state index in [0.29, 0.717) is 17.8 Å². The van der Waals surface area contributed by atoms with Crippen LogP contribution in [0.5, 0.6) is 0 Å². The van der Waals surface area contributed by atoms with E-state index >= 15 is 0 Å². The van der Waals surface area contributed by atoms with Crippen LogP contribution in [0.25, 0.3) is 88.7 Å². The average molecular weight is 812 g/mol. The van der Waals surface area contributed by atoms with Gasteiger partial charge in [-0.2, -0.15) is 0 Å². The maximum atomic E-state index is 6.98. The van der Waals surface area contributed by atoms with Gasteiger partial charge in [-0.1, -0.05) is 170 Å². The number of amidine groups is 1. The van der Waals surface area contributed by atoms with Crippen molar-refractivity contribution < 1.29 is 8.83 Å². The number of furan rings is 2. The van der Waals surface area contributed by atoms with E-state index in [0.717, 1.165) is 99.3 Å². The number of rotatable bonds is 10. The molecular weight excluding hydrogens is 771 g/mol. The molecule has 0 amide bonds. The van der Waals surface area contributed by atoms with Crippen molar-refractivity contribution >= 4 is 94.6 Å². The number of para-hydroxylation sites is 2. The molecule has 0 spiro atoms. The summed E-state index contributed by atoms with van der Waals surface area (Å²) in [4.78, 5) is 5.07. The van der Waals surface area contributed by atoms with Gasteiger partial charge in [0.05, 0.1) is 27.8 Å². The standard InChI is InChI=1S/C58H41N3O2/c1-38(58(59)60-49(42-24-12-5-13-25-42)32-30-39-18-6-2-7-19-39)34-46(41-22-10-4-11-23-41)52(35-40-20-8-3-9-21-40)61-50-28-16-14-27-45(50)56-51(61)33-31-44-48-36-47-43-26-15-17-29-53(43)62-54(47)37-55(48)63-57(44)56/h2-29,31-37H,1,30H2,(H2,59,60)/b46-34-,49-32-,52-35-. The lowest BCUT2D eigenvalue weighted by molar-refractivity contribution is 0.658. The normalized spacial score (nSPS) is 13.0. The number of aromatic nitrogens is 1. The van der Waals surface area contributed by atoms with Crippen LogP contribution in [-0.2, 0) is 6.42 Å². The largest absolute Gasteiger partial charge is 0.456 e. The van der Waals surface area contributed by atoms with E-state index in [-0.39, 0.29) is 0 Å². The number of benzene rings is 8. The van der Waals surface area contributed by atoms with Crippen molar-refractivity contribution in [1.82, 2.24) is 4.57 Å². The van der Waals surface area contributed by atoms with Crippen LogP contribution < -0.4 is 5.73 Å². The van der Waals surface area contributed by atoms with Gasteiger partial charge in [-0.15, -0.1) is 0 Å². The zero-order valence-corrected chi connectivity index (χ0v) is 34.4. The van der Waals surface area contributed by atoms with E-state index in [2.05, 4.69) is 169 Å². The molecule has 8 aromatic carbocycles. The molecule has 0 aliphatic heterocycles. The zero-order chi connectivity index (χ0) is 42.3. The maximum Gasteiger partial charge on any atom is 0.145 e. The highest BCUT2D eigenvalue weighted by Crippen LogP contribution is 2.44. The number of nitrogens with zero attached hydrogens (tertiary/aromatic N) is 2. The van der Waals surface area contributed by atoms with E-state index in [1.165, 1.54) is 5.56 Å². The van der Waals surface area contributed by atoms with Gasteiger partial charge in [-0.05, 0) is 71.2 Å². The third-order valence-electron chi connectivity index (χ3n) is 11.8. The second-order valence-corrected chi connectivity index (χ2v) is 15.8. The summed E-state index contributed by atoms with van der Waals surface area (Å²) < 4.78 is 15.5. The number of fused-ring (bicyclic) bond motifs is 10. The topological polar surface area (TPSA) is 69.6 Å². The van der Waals surface area contributed by atoms with E-state index in [1.807, 2.05) is 54.6 Å². The molecular formula is C58H41N3O2. The summed E-state index contributed by atoms with van der Waals surface area (Å²) in [5.74, 6) is 0.329. The van der Waals surface area contributed by atoms with E-state index in [9.17, 15) is 0 Å². The fourth-order valence-electron chi connectivity index (χ4n) is 8.77. The molecule has 0 radical (unpaired) electrons. The van der Waals surface area contributed by atoms with Crippen molar-refractivity contribution in [2.45, 2.75) is 6.42 Å². The Bertz CT molecular complexity index is 3640. The fourth-order valence-corrected chi connectivity index (χ4v) is 8.77. The monoisotopic (exact) mass is 811 g/mol. The van der Waals surface area contributed by atoms with Crippen LogP contribution in [0, 0.1) is 0 Å². The molecule has 0 unspecified atom stereocenters. The molecule has 0 bridgehead atoms. The lowest BCUT2D eigenvalue weighted by Crippen LogP contribution is -2.14. The van der Waals surface area contributed by atoms with E-state index in [4.69, 9.17) is 19.6 Å². The second-order valence-electron chi connectivity index (χ2n) is 15.8. The van der Waals surface area contributed by atoms with E-state index < -0.39 is 0 Å². The Morgan fingerprint density at radius 2 is 1.17 bits per heavy atom. The van der Waals surface area contributed by atoms with Crippen LogP contribution in [0.2, 0.25) is 0 Å². The summed E-state index contributed by atoms with van der Waals surface area (Å²) in [5, 5.41) is 6.36. The summed E-state index contributed by atoms with van der Waals surface area (Å²) in [5.41, 5.74) is 19.7. The highest BCUT2D eigenvalue weighted by molar-refractivity contribution is 6.27. The molecule has 0 fully saturated rings. The molecule has 5 heteroatoms. The molecule has 0 atom stereocenters. The molecule has 0 aliphatic rings. The zero-order valence-electron chi connectivity index (χ0n) is 34.4. The van der Waals surface area contributed by atoms with Gasteiger partial charge in [-0.3, -0.25) is 0 Å². The molecule has 63 heavy (non-hydrogen) atoms. The molecule has 2 N–H and O–H groups in total. The van der Waals surface area contributed by atoms with Crippen LogP contribution in [0.1, 0.15) is 22.3 Å². The van der Waals surface area contributed by atoms with Crippen molar-refractivity contribution in [2.75, 3.05) is 0 Å². The van der Waals surface area contributed by atoms with Gasteiger partial charge in [-0.25, -0.2) is 4.99 Å². The molecule has 3 heterocycles. The fraction of sp³-hybridized carbons (Fsp3) is 0.0172. The van der Waals surface area contributed by atoms with Gasteiger partial charge in [0, 0.05) is 44.1 Å². The van der Waals surface area contributed by atoms with Crippen LogP contribution in [-0.4, -0.2) is 10.4 Å². The first-order chi connectivity index (χ1) is 31.1. The smallest absolute Gasteiger partial charge is 0.145 e. The predicted molar refractivity (Wildman–Crippen MR) is 264 cm³/mol. The summed E-state index contributed by atoms with van der Waals surface area (Å²) in [6, 6.07) is 66.8. The molecule has 300 valence electrons. The Kier molecular flexibility index (Phi) is 9.48. The van der Waals surface area contributed by atoms with Crippen LogP contribution in [0.4, 0.5) is 0 Å². The number of nitrogens with two attached hydrogens (primary N) is 1.